The van der Waals surface area contributed by atoms with Gasteiger partial charge in [-0.2, -0.15) is 5.26 Å². The number of carbonyl (C=O) groups is 1. The number of pyridine rings is 1. The van der Waals surface area contributed by atoms with Crippen LogP contribution >= 0.6 is 0 Å². The molecule has 3 nitrogen and oxygen atoms in total. The first kappa shape index (κ1) is 12.6. The summed E-state index contributed by atoms with van der Waals surface area (Å²) in [5.41, 5.74) is 3.70. The van der Waals surface area contributed by atoms with Gasteiger partial charge in [-0.3, -0.25) is 9.78 Å². The molecular weight excluding hydrogens is 248 g/mol. The Morgan fingerprint density at radius 1 is 1.20 bits per heavy atom. The Morgan fingerprint density at radius 2 is 2.05 bits per heavy atom. The molecule has 0 aliphatic heterocycles. The van der Waals surface area contributed by atoms with Crippen LogP contribution < -0.4 is 0 Å². The first-order valence-corrected chi connectivity index (χ1v) is 6.76. The van der Waals surface area contributed by atoms with E-state index in [1.54, 1.807) is 24.4 Å². The van der Waals surface area contributed by atoms with E-state index in [9.17, 15) is 10.1 Å². The van der Waals surface area contributed by atoms with Crippen molar-refractivity contribution in [2.75, 3.05) is 0 Å². The predicted molar refractivity (Wildman–Crippen MR) is 75.4 cm³/mol. The number of nitriles is 1. The van der Waals surface area contributed by atoms with Crippen molar-refractivity contribution >= 4 is 5.78 Å². The first-order valence-electron chi connectivity index (χ1n) is 6.76. The summed E-state index contributed by atoms with van der Waals surface area (Å²) in [7, 11) is 0. The minimum absolute atomic E-state index is 0.166. The van der Waals surface area contributed by atoms with Gasteiger partial charge in [-0.05, 0) is 48.6 Å². The highest BCUT2D eigenvalue weighted by Gasteiger charge is 2.24. The highest BCUT2D eigenvalue weighted by Crippen LogP contribution is 2.25. The Morgan fingerprint density at radius 3 is 2.80 bits per heavy atom. The lowest BCUT2D eigenvalue weighted by atomic mass is 9.93. The largest absolute Gasteiger partial charge is 0.292 e. The van der Waals surface area contributed by atoms with Crippen LogP contribution in [0.5, 0.6) is 0 Å². The fraction of sp³-hybridized carbons (Fsp3) is 0.235. The lowest BCUT2D eigenvalue weighted by molar-refractivity contribution is 0.0977. The van der Waals surface area contributed by atoms with Crippen molar-refractivity contribution < 1.29 is 4.79 Å². The maximum atomic E-state index is 12.5. The molecule has 0 spiro atoms. The molecule has 0 saturated heterocycles. The zero-order valence-electron chi connectivity index (χ0n) is 11.0. The van der Waals surface area contributed by atoms with Gasteiger partial charge in [0.25, 0.3) is 0 Å². The molecule has 1 unspecified atom stereocenters. The molecular formula is C17H14N2O. The van der Waals surface area contributed by atoms with Gasteiger partial charge in [0.1, 0.15) is 0 Å². The summed E-state index contributed by atoms with van der Waals surface area (Å²) < 4.78 is 0. The average molecular weight is 262 g/mol. The van der Waals surface area contributed by atoms with Gasteiger partial charge in [-0.15, -0.1) is 0 Å². The third kappa shape index (κ3) is 2.21. The van der Waals surface area contributed by atoms with Crippen molar-refractivity contribution in [3.05, 3.63) is 65.0 Å². The molecule has 3 rings (SSSR count). The number of fused-ring (bicyclic) bond motifs is 1. The summed E-state index contributed by atoms with van der Waals surface area (Å²) in [6.45, 7) is 0. The molecule has 2 aromatic rings. The lowest BCUT2D eigenvalue weighted by Crippen LogP contribution is -2.13. The highest BCUT2D eigenvalue weighted by atomic mass is 16.1. The number of Topliss-reactive ketones (excluding diaryl/α,β-unsaturated/α-hetero) is 1. The summed E-state index contributed by atoms with van der Waals surface area (Å²) in [6.07, 6.45) is 4.87. The number of hydrogen-bond acceptors (Lipinski definition) is 3. The molecule has 0 bridgehead atoms. The second-order valence-corrected chi connectivity index (χ2v) is 5.02. The van der Waals surface area contributed by atoms with Crippen molar-refractivity contribution in [1.82, 2.24) is 4.98 Å². The maximum absolute atomic E-state index is 12.5. The zero-order valence-corrected chi connectivity index (χ0v) is 11.0. The van der Waals surface area contributed by atoms with E-state index in [1.165, 1.54) is 11.1 Å². The monoisotopic (exact) mass is 262 g/mol. The van der Waals surface area contributed by atoms with Crippen LogP contribution in [0.15, 0.2) is 42.6 Å². The van der Waals surface area contributed by atoms with E-state index in [-0.39, 0.29) is 5.78 Å². The number of hydrogen-bond donors (Lipinski definition) is 0. The molecule has 1 aliphatic rings. The summed E-state index contributed by atoms with van der Waals surface area (Å²) in [6, 6.07) is 13.2. The molecule has 1 aromatic heterocycles. The number of rotatable bonds is 3. The number of ketones is 1. The van der Waals surface area contributed by atoms with E-state index in [2.05, 4.69) is 11.1 Å². The van der Waals surface area contributed by atoms with Crippen LogP contribution in [0.3, 0.4) is 0 Å². The molecule has 0 N–H and O–H groups in total. The van der Waals surface area contributed by atoms with Crippen LogP contribution in [0.4, 0.5) is 0 Å². The predicted octanol–water partition coefficient (Wildman–Crippen LogP) is 3.06. The van der Waals surface area contributed by atoms with Gasteiger partial charge in [0.05, 0.1) is 11.8 Å². The Bertz CT molecular complexity index is 686. The van der Waals surface area contributed by atoms with Crippen LogP contribution in [0.2, 0.25) is 0 Å². The van der Waals surface area contributed by atoms with E-state index < -0.39 is 5.92 Å². The van der Waals surface area contributed by atoms with Crippen molar-refractivity contribution in [2.45, 2.75) is 25.2 Å². The van der Waals surface area contributed by atoms with Gasteiger partial charge in [0.15, 0.2) is 11.7 Å². The average Bonchev–Trinajstić information content (AvgIpc) is 2.96. The van der Waals surface area contributed by atoms with Crippen LogP contribution in [0.1, 0.15) is 39.5 Å². The van der Waals surface area contributed by atoms with Crippen molar-refractivity contribution in [2.24, 2.45) is 0 Å². The quantitative estimate of drug-likeness (QED) is 0.799. The molecule has 0 radical (unpaired) electrons. The summed E-state index contributed by atoms with van der Waals surface area (Å²) in [4.78, 5) is 16.6. The maximum Gasteiger partial charge on any atom is 0.186 e. The van der Waals surface area contributed by atoms with Gasteiger partial charge in [-0.25, -0.2) is 0 Å². The third-order valence-corrected chi connectivity index (χ3v) is 3.76. The number of nitrogens with zero attached hydrogens (tertiary/aromatic N) is 2. The summed E-state index contributed by atoms with van der Waals surface area (Å²) in [5, 5.41) is 9.29. The van der Waals surface area contributed by atoms with Gasteiger partial charge >= 0.3 is 0 Å². The van der Waals surface area contributed by atoms with Crippen LogP contribution in [-0.4, -0.2) is 10.8 Å². The molecule has 1 heterocycles. The summed E-state index contributed by atoms with van der Waals surface area (Å²) >= 11 is 0. The molecule has 0 fully saturated rings. The first-order chi connectivity index (χ1) is 9.79. The molecule has 3 heteroatoms. The van der Waals surface area contributed by atoms with E-state index in [0.717, 1.165) is 19.3 Å². The van der Waals surface area contributed by atoms with Gasteiger partial charge < -0.3 is 0 Å². The fourth-order valence-electron chi connectivity index (χ4n) is 2.70. The smallest absolute Gasteiger partial charge is 0.186 e. The molecule has 20 heavy (non-hydrogen) atoms. The SMILES string of the molecule is N#CC(C(=O)c1ccc2c(c1)CCC2)c1ccccn1. The van der Waals surface area contributed by atoms with Gasteiger partial charge in [-0.1, -0.05) is 18.2 Å². The number of aromatic nitrogens is 1. The Kier molecular flexibility index (Phi) is 3.30. The molecule has 98 valence electrons. The van der Waals surface area contributed by atoms with Crippen LogP contribution in [0, 0.1) is 11.3 Å². The van der Waals surface area contributed by atoms with Gasteiger partial charge in [0.2, 0.25) is 0 Å². The minimum atomic E-state index is -0.823. The van der Waals surface area contributed by atoms with E-state index in [0.29, 0.717) is 11.3 Å². The number of benzene rings is 1. The second-order valence-electron chi connectivity index (χ2n) is 5.02. The van der Waals surface area contributed by atoms with Crippen molar-refractivity contribution in [3.8, 4) is 6.07 Å². The zero-order chi connectivity index (χ0) is 13.9. The van der Waals surface area contributed by atoms with Gasteiger partial charge in [0, 0.05) is 11.8 Å². The van der Waals surface area contributed by atoms with Crippen molar-refractivity contribution in [3.63, 3.8) is 0 Å². The van der Waals surface area contributed by atoms with E-state index in [4.69, 9.17) is 0 Å². The van der Waals surface area contributed by atoms with E-state index in [1.807, 2.05) is 18.2 Å². The van der Waals surface area contributed by atoms with Crippen LogP contribution in [-0.2, 0) is 12.8 Å². The number of aryl methyl sites for hydroxylation is 2. The molecule has 0 saturated carbocycles. The Labute approximate surface area is 117 Å². The number of carbonyl (C=O) groups excluding carboxylic acids is 1. The fourth-order valence-corrected chi connectivity index (χ4v) is 2.70. The lowest BCUT2D eigenvalue weighted by Gasteiger charge is -2.09. The Balaban J connectivity index is 1.94. The Hall–Kier alpha value is -2.47. The second kappa shape index (κ2) is 5.26. The third-order valence-electron chi connectivity index (χ3n) is 3.76. The molecule has 1 atom stereocenters. The minimum Gasteiger partial charge on any atom is -0.292 e. The topological polar surface area (TPSA) is 53.8 Å². The standard InChI is InChI=1S/C17H14N2O/c18-11-15(16-6-1-2-9-19-16)17(20)14-8-7-12-4-3-5-13(12)10-14/h1-2,6-10,15H,3-5H2. The summed E-state index contributed by atoms with van der Waals surface area (Å²) in [5.74, 6) is -0.989. The molecule has 1 aromatic carbocycles. The van der Waals surface area contributed by atoms with Crippen molar-refractivity contribution in [1.29, 1.82) is 5.26 Å². The highest BCUT2D eigenvalue weighted by molar-refractivity contribution is 6.02. The molecule has 0 amide bonds. The van der Waals surface area contributed by atoms with Crippen LogP contribution in [0.25, 0.3) is 0 Å². The normalized spacial score (nSPS) is 14.3. The van der Waals surface area contributed by atoms with E-state index >= 15 is 0 Å². The molecule has 1 aliphatic carbocycles.